The summed E-state index contributed by atoms with van der Waals surface area (Å²) in [7, 11) is 1.94. The number of ether oxygens (including phenoxy) is 2. The van der Waals surface area contributed by atoms with Crippen LogP contribution >= 0.6 is 0 Å². The third-order valence-electron chi connectivity index (χ3n) is 3.91. The Hall–Kier alpha value is -1.84. The average molecular weight is 283 g/mol. The topological polar surface area (TPSA) is 30.5 Å². The van der Waals surface area contributed by atoms with Gasteiger partial charge in [0, 0.05) is 12.1 Å². The van der Waals surface area contributed by atoms with Gasteiger partial charge in [-0.1, -0.05) is 42.5 Å². The number of benzene rings is 2. The Balaban J connectivity index is 1.93. The van der Waals surface area contributed by atoms with Crippen molar-refractivity contribution in [3.8, 4) is 5.75 Å². The number of likely N-dealkylation sites (N-methyl/N-ethyl adjacent to an activating group) is 1. The molecule has 1 unspecified atom stereocenters. The highest BCUT2D eigenvalue weighted by molar-refractivity contribution is 5.36. The molecule has 1 heterocycles. The van der Waals surface area contributed by atoms with Crippen LogP contribution in [0.5, 0.6) is 5.75 Å². The highest BCUT2D eigenvalue weighted by atomic mass is 16.5. The van der Waals surface area contributed by atoms with Gasteiger partial charge in [0.1, 0.15) is 11.9 Å². The van der Waals surface area contributed by atoms with E-state index >= 15 is 0 Å². The molecule has 0 amide bonds. The van der Waals surface area contributed by atoms with E-state index in [-0.39, 0.29) is 12.2 Å². The van der Waals surface area contributed by atoms with Crippen molar-refractivity contribution < 1.29 is 9.47 Å². The second-order valence-electron chi connectivity index (χ2n) is 5.41. The molecule has 3 heteroatoms. The molecule has 21 heavy (non-hydrogen) atoms. The molecule has 1 aliphatic rings. The van der Waals surface area contributed by atoms with Crippen LogP contribution in [0.4, 0.5) is 0 Å². The lowest BCUT2D eigenvalue weighted by Gasteiger charge is -2.34. The van der Waals surface area contributed by atoms with Crippen molar-refractivity contribution in [1.82, 2.24) is 5.32 Å². The van der Waals surface area contributed by atoms with Crippen LogP contribution in [-0.4, -0.2) is 19.7 Å². The number of aryl methyl sites for hydroxylation is 1. The second-order valence-corrected chi connectivity index (χ2v) is 5.41. The maximum Gasteiger partial charge on any atom is 0.151 e. The highest BCUT2D eigenvalue weighted by Gasteiger charge is 2.31. The van der Waals surface area contributed by atoms with Crippen LogP contribution in [0.3, 0.4) is 0 Å². The van der Waals surface area contributed by atoms with Crippen molar-refractivity contribution >= 4 is 0 Å². The van der Waals surface area contributed by atoms with E-state index in [1.165, 1.54) is 11.1 Å². The third-order valence-corrected chi connectivity index (χ3v) is 3.91. The normalized spacial score (nSPS) is 20.9. The van der Waals surface area contributed by atoms with Gasteiger partial charge in [0.15, 0.2) is 6.10 Å². The Kier molecular flexibility index (Phi) is 4.23. The first-order valence-corrected chi connectivity index (χ1v) is 7.36. The van der Waals surface area contributed by atoms with E-state index in [1.807, 2.05) is 31.3 Å². The monoisotopic (exact) mass is 283 g/mol. The summed E-state index contributed by atoms with van der Waals surface area (Å²) in [5.41, 5.74) is 3.58. The fraction of sp³-hybridized carbons (Fsp3) is 0.333. The molecule has 1 aliphatic heterocycles. The van der Waals surface area contributed by atoms with Gasteiger partial charge in [0.25, 0.3) is 0 Å². The standard InChI is InChI=1S/C18H21NO2/c1-13-7-3-6-10-16(13)21-18-15-9-5-4-8-14(15)12-20-17(18)11-19-2/h3-10,17-19H,11-12H2,1-2H3/t17-,18?/m1/s1. The molecule has 0 fully saturated rings. The number of nitrogens with one attached hydrogen (secondary N) is 1. The molecule has 0 saturated carbocycles. The lowest BCUT2D eigenvalue weighted by molar-refractivity contribution is -0.0498. The summed E-state index contributed by atoms with van der Waals surface area (Å²) >= 11 is 0. The first-order valence-electron chi connectivity index (χ1n) is 7.36. The number of para-hydroxylation sites is 1. The highest BCUT2D eigenvalue weighted by Crippen LogP contribution is 2.34. The molecule has 2 aromatic carbocycles. The molecule has 0 spiro atoms. The van der Waals surface area contributed by atoms with Gasteiger partial charge in [-0.05, 0) is 31.2 Å². The Labute approximate surface area is 125 Å². The Bertz CT molecular complexity index is 612. The van der Waals surface area contributed by atoms with Crippen LogP contribution in [0.2, 0.25) is 0 Å². The first kappa shape index (κ1) is 14.1. The molecule has 0 aromatic heterocycles. The maximum atomic E-state index is 6.31. The molecule has 0 radical (unpaired) electrons. The van der Waals surface area contributed by atoms with E-state index in [1.54, 1.807) is 0 Å². The smallest absolute Gasteiger partial charge is 0.151 e. The molecular weight excluding hydrogens is 262 g/mol. The quantitative estimate of drug-likeness (QED) is 0.934. The number of hydrogen-bond donors (Lipinski definition) is 1. The maximum absolute atomic E-state index is 6.31. The lowest BCUT2D eigenvalue weighted by Crippen LogP contribution is -2.38. The zero-order chi connectivity index (χ0) is 14.7. The van der Waals surface area contributed by atoms with Crippen LogP contribution < -0.4 is 10.1 Å². The summed E-state index contributed by atoms with van der Waals surface area (Å²) in [6.07, 6.45) is -0.0620. The van der Waals surface area contributed by atoms with Crippen molar-refractivity contribution in [2.45, 2.75) is 25.7 Å². The molecule has 0 aliphatic carbocycles. The average Bonchev–Trinajstić information content (AvgIpc) is 2.52. The predicted molar refractivity (Wildman–Crippen MR) is 83.5 cm³/mol. The Morgan fingerprint density at radius 3 is 2.71 bits per heavy atom. The molecule has 0 bridgehead atoms. The van der Waals surface area contributed by atoms with Gasteiger partial charge >= 0.3 is 0 Å². The molecule has 2 atom stereocenters. The van der Waals surface area contributed by atoms with Crippen LogP contribution in [0.1, 0.15) is 22.8 Å². The van der Waals surface area contributed by atoms with E-state index in [0.717, 1.165) is 17.9 Å². The van der Waals surface area contributed by atoms with Gasteiger partial charge in [0.05, 0.1) is 6.61 Å². The molecule has 110 valence electrons. The number of fused-ring (bicyclic) bond motifs is 1. The third kappa shape index (κ3) is 2.94. The summed E-state index contributed by atoms with van der Waals surface area (Å²) in [6, 6.07) is 16.5. The summed E-state index contributed by atoms with van der Waals surface area (Å²) < 4.78 is 12.3. The molecule has 2 aromatic rings. The molecule has 1 N–H and O–H groups in total. The minimum atomic E-state index is -0.0801. The van der Waals surface area contributed by atoms with E-state index in [9.17, 15) is 0 Å². The van der Waals surface area contributed by atoms with Crippen molar-refractivity contribution in [2.75, 3.05) is 13.6 Å². The summed E-state index contributed by atoms with van der Waals surface area (Å²) in [5.74, 6) is 0.920. The number of rotatable bonds is 4. The summed E-state index contributed by atoms with van der Waals surface area (Å²) in [5, 5.41) is 3.19. The second kappa shape index (κ2) is 6.29. The molecule has 0 saturated heterocycles. The summed E-state index contributed by atoms with van der Waals surface area (Å²) in [4.78, 5) is 0. The van der Waals surface area contributed by atoms with Gasteiger partial charge in [-0.3, -0.25) is 0 Å². The van der Waals surface area contributed by atoms with Crippen molar-refractivity contribution in [2.24, 2.45) is 0 Å². The van der Waals surface area contributed by atoms with Crippen molar-refractivity contribution in [3.05, 3.63) is 65.2 Å². The zero-order valence-electron chi connectivity index (χ0n) is 12.5. The van der Waals surface area contributed by atoms with Gasteiger partial charge in [0.2, 0.25) is 0 Å². The van der Waals surface area contributed by atoms with Gasteiger partial charge in [-0.25, -0.2) is 0 Å². The zero-order valence-corrected chi connectivity index (χ0v) is 12.5. The van der Waals surface area contributed by atoms with Crippen LogP contribution in [-0.2, 0) is 11.3 Å². The molecular formula is C18H21NO2. The summed E-state index contributed by atoms with van der Waals surface area (Å²) in [6.45, 7) is 3.49. The number of hydrogen-bond acceptors (Lipinski definition) is 3. The van der Waals surface area contributed by atoms with Crippen LogP contribution in [0, 0.1) is 6.92 Å². The predicted octanol–water partition coefficient (Wildman–Crippen LogP) is 3.23. The van der Waals surface area contributed by atoms with Crippen molar-refractivity contribution in [3.63, 3.8) is 0 Å². The van der Waals surface area contributed by atoms with Crippen molar-refractivity contribution in [1.29, 1.82) is 0 Å². The molecule has 3 nitrogen and oxygen atoms in total. The fourth-order valence-corrected chi connectivity index (χ4v) is 2.76. The van der Waals surface area contributed by atoms with Gasteiger partial charge in [-0.15, -0.1) is 0 Å². The van der Waals surface area contributed by atoms with Crippen LogP contribution in [0.15, 0.2) is 48.5 Å². The first-order chi connectivity index (χ1) is 10.3. The van der Waals surface area contributed by atoms with Gasteiger partial charge < -0.3 is 14.8 Å². The van der Waals surface area contributed by atoms with E-state index in [4.69, 9.17) is 9.47 Å². The van der Waals surface area contributed by atoms with E-state index in [0.29, 0.717) is 6.61 Å². The minimum absolute atomic E-state index is 0.0181. The van der Waals surface area contributed by atoms with Crippen LogP contribution in [0.25, 0.3) is 0 Å². The SMILES string of the molecule is CNC[C@H]1OCc2ccccc2C1Oc1ccccc1C. The minimum Gasteiger partial charge on any atom is -0.483 e. The lowest BCUT2D eigenvalue weighted by atomic mass is 9.95. The van der Waals surface area contributed by atoms with E-state index in [2.05, 4.69) is 36.5 Å². The Morgan fingerprint density at radius 2 is 1.90 bits per heavy atom. The Morgan fingerprint density at radius 1 is 1.14 bits per heavy atom. The van der Waals surface area contributed by atoms with Gasteiger partial charge in [-0.2, -0.15) is 0 Å². The molecule has 3 rings (SSSR count). The fourth-order valence-electron chi connectivity index (χ4n) is 2.76. The van der Waals surface area contributed by atoms with E-state index < -0.39 is 0 Å². The largest absolute Gasteiger partial charge is 0.483 e.